The van der Waals surface area contributed by atoms with E-state index in [1.54, 1.807) is 0 Å². The van der Waals surface area contributed by atoms with Crippen molar-refractivity contribution in [3.63, 3.8) is 0 Å². The number of alkyl halides is 1. The largest absolute Gasteiger partial charge is 0.412 e. The van der Waals surface area contributed by atoms with E-state index in [0.29, 0.717) is 11.8 Å². The van der Waals surface area contributed by atoms with E-state index in [1.165, 1.54) is 5.57 Å². The van der Waals surface area contributed by atoms with Gasteiger partial charge >= 0.3 is 0 Å². The molecule has 2 heterocycles. The Morgan fingerprint density at radius 1 is 1.28 bits per heavy atom. The van der Waals surface area contributed by atoms with Crippen molar-refractivity contribution >= 4 is 23.7 Å². The third-order valence-corrected chi connectivity index (χ3v) is 6.83. The fourth-order valence-corrected chi connectivity index (χ4v) is 4.94. The molecule has 5 N–H and O–H groups in total. The van der Waals surface area contributed by atoms with Gasteiger partial charge in [-0.05, 0) is 48.0 Å². The first-order valence-corrected chi connectivity index (χ1v) is 11.4. The minimum absolute atomic E-state index is 0. The highest BCUT2D eigenvalue weighted by Gasteiger charge is 2.40. The third kappa shape index (κ3) is 7.55. The minimum atomic E-state index is -0.139. The molecule has 0 saturated carbocycles. The number of likely N-dealkylation sites (tertiary alicyclic amines) is 1. The van der Waals surface area contributed by atoms with Gasteiger partial charge in [-0.25, -0.2) is 0 Å². The van der Waals surface area contributed by atoms with E-state index in [-0.39, 0.29) is 47.0 Å². The molecule has 1 fully saturated rings. The molecule has 0 radical (unpaired) electrons. The van der Waals surface area contributed by atoms with Gasteiger partial charge in [0.05, 0.1) is 11.4 Å². The summed E-state index contributed by atoms with van der Waals surface area (Å²) >= 11 is 6.20. The van der Waals surface area contributed by atoms with Gasteiger partial charge in [0.1, 0.15) is 0 Å². The molecule has 1 saturated heterocycles. The second kappa shape index (κ2) is 13.3. The topological polar surface area (TPSA) is 108 Å². The molecule has 0 aromatic rings. The fourth-order valence-electron chi connectivity index (χ4n) is 4.77. The molecule has 6 nitrogen and oxygen atoms in total. The average Bonchev–Trinajstić information content (AvgIpc) is 2.68. The van der Waals surface area contributed by atoms with Crippen molar-refractivity contribution in [3.8, 4) is 0 Å². The number of aliphatic imine (C=N–C) groups is 1. The Kier molecular flexibility index (Phi) is 12.7. The van der Waals surface area contributed by atoms with E-state index in [9.17, 15) is 4.79 Å². The van der Waals surface area contributed by atoms with Crippen molar-refractivity contribution < 1.29 is 15.7 Å². The molecule has 184 valence electrons. The van der Waals surface area contributed by atoms with Crippen LogP contribution in [-0.2, 0) is 4.79 Å². The molecule has 3 aliphatic rings. The summed E-state index contributed by atoms with van der Waals surface area (Å²) in [6.07, 6.45) is 15.4. The maximum atomic E-state index is 13.4. The lowest BCUT2D eigenvalue weighted by molar-refractivity contribution is -0.138. The van der Waals surface area contributed by atoms with Crippen LogP contribution in [0.25, 0.3) is 0 Å². The Morgan fingerprint density at radius 3 is 2.53 bits per heavy atom. The summed E-state index contributed by atoms with van der Waals surface area (Å²) in [4.78, 5) is 19.6. The van der Waals surface area contributed by atoms with Gasteiger partial charge in [-0.3, -0.25) is 9.79 Å². The van der Waals surface area contributed by atoms with Crippen LogP contribution in [0.15, 0.2) is 41.1 Å². The average molecular weight is 470 g/mol. The summed E-state index contributed by atoms with van der Waals surface area (Å²) in [7, 11) is 0. The highest BCUT2D eigenvalue weighted by Crippen LogP contribution is 2.41. The number of rotatable bonds is 6. The Morgan fingerprint density at radius 2 is 2.00 bits per heavy atom. The number of nitrogens with zero attached hydrogens (tertiary/aromatic N) is 2. The second-order valence-electron chi connectivity index (χ2n) is 9.70. The van der Waals surface area contributed by atoms with E-state index in [0.717, 1.165) is 38.9 Å². The first kappa shape index (κ1) is 30.5. The highest BCUT2D eigenvalue weighted by molar-refractivity contribution is 6.22. The lowest BCUT2D eigenvalue weighted by atomic mass is 9.69. The van der Waals surface area contributed by atoms with Gasteiger partial charge in [-0.2, -0.15) is 0 Å². The molecule has 1 aliphatic carbocycles. The summed E-state index contributed by atoms with van der Waals surface area (Å²) in [6.45, 7) is 11.3. The number of carbonyl (C=O) groups is 1. The van der Waals surface area contributed by atoms with Gasteiger partial charge in [0.25, 0.3) is 0 Å². The molecule has 0 spiro atoms. The molecule has 4 atom stereocenters. The number of piperidine rings is 1. The van der Waals surface area contributed by atoms with Crippen LogP contribution in [0.2, 0.25) is 0 Å². The van der Waals surface area contributed by atoms with Crippen LogP contribution < -0.4 is 5.32 Å². The van der Waals surface area contributed by atoms with Gasteiger partial charge in [-0.1, -0.05) is 59.4 Å². The molecule has 0 aromatic heterocycles. The lowest BCUT2D eigenvalue weighted by Crippen LogP contribution is -2.56. The fraction of sp³-hybridized carbons (Fsp3) is 0.680. The van der Waals surface area contributed by atoms with E-state index in [1.807, 2.05) is 12.4 Å². The number of allylic oxidation sites excluding steroid dienone is 4. The van der Waals surface area contributed by atoms with Gasteiger partial charge in [-0.15, -0.1) is 11.6 Å². The van der Waals surface area contributed by atoms with Crippen LogP contribution in [0.3, 0.4) is 0 Å². The van der Waals surface area contributed by atoms with Crippen LogP contribution in [0.5, 0.6) is 0 Å². The number of halogens is 1. The first-order valence-electron chi connectivity index (χ1n) is 11.0. The van der Waals surface area contributed by atoms with Gasteiger partial charge in [0.2, 0.25) is 5.91 Å². The maximum absolute atomic E-state index is 13.4. The Balaban J connectivity index is 0.00000320. The molecular formula is C25H44ClN3O3. The van der Waals surface area contributed by atoms with E-state index >= 15 is 0 Å². The predicted molar refractivity (Wildman–Crippen MR) is 136 cm³/mol. The quantitative estimate of drug-likeness (QED) is 0.600. The molecule has 0 aromatic carbocycles. The summed E-state index contributed by atoms with van der Waals surface area (Å²) < 4.78 is 0. The Labute approximate surface area is 199 Å². The van der Waals surface area contributed by atoms with E-state index < -0.39 is 0 Å². The lowest BCUT2D eigenvalue weighted by Gasteiger charge is -2.46. The molecule has 2 aliphatic heterocycles. The highest BCUT2D eigenvalue weighted by atomic mass is 35.5. The number of nitrogens with one attached hydrogen (secondary N) is 1. The zero-order chi connectivity index (χ0) is 21.0. The smallest absolute Gasteiger partial charge is 0.239 e. The van der Waals surface area contributed by atoms with Crippen LogP contribution in [0, 0.1) is 23.2 Å². The number of hydrogen-bond donors (Lipinski definition) is 1. The molecule has 7 heteroatoms. The van der Waals surface area contributed by atoms with Crippen molar-refractivity contribution in [2.75, 3.05) is 19.6 Å². The summed E-state index contributed by atoms with van der Waals surface area (Å²) in [6, 6.07) is -0.139. The van der Waals surface area contributed by atoms with Crippen molar-refractivity contribution in [2.24, 2.45) is 28.2 Å². The molecule has 0 bridgehead atoms. The summed E-state index contributed by atoms with van der Waals surface area (Å²) in [5, 5.41) is 3.67. The van der Waals surface area contributed by atoms with Crippen molar-refractivity contribution in [3.05, 3.63) is 36.1 Å². The normalized spacial score (nSPS) is 27.0. The van der Waals surface area contributed by atoms with Crippen molar-refractivity contribution in [1.29, 1.82) is 0 Å². The van der Waals surface area contributed by atoms with Gasteiger partial charge < -0.3 is 21.2 Å². The van der Waals surface area contributed by atoms with Crippen molar-refractivity contribution in [2.45, 2.75) is 65.8 Å². The first-order chi connectivity index (χ1) is 13.8. The van der Waals surface area contributed by atoms with E-state index in [2.05, 4.69) is 67.2 Å². The summed E-state index contributed by atoms with van der Waals surface area (Å²) in [5.41, 5.74) is 1.44. The van der Waals surface area contributed by atoms with E-state index in [4.69, 9.17) is 11.6 Å². The molecule has 1 amide bonds. The minimum Gasteiger partial charge on any atom is -0.412 e. The summed E-state index contributed by atoms with van der Waals surface area (Å²) in [5.74, 6) is 1.40. The Hall–Kier alpha value is -1.47. The molecule has 3 rings (SSSR count). The number of carbonyl (C=O) groups excluding carboxylic acids is 1. The SMILES string of the molecule is C.CC(C)[C@@H](NCC1C=CN=CC1)C(=O)N1CCC(C2=CCC(Cl)C=C2)C(C)(C)C1.O.O. The van der Waals surface area contributed by atoms with Gasteiger partial charge in [0.15, 0.2) is 0 Å². The molecule has 32 heavy (non-hydrogen) atoms. The standard InChI is InChI=1S/C24H36ClN3O.CH4.2H2O/c1-17(2)22(27-15-18-9-12-26-13-10-18)23(29)28-14-11-21(24(3,4)16-28)19-5-7-20(25)8-6-19;;;/h5-7,9,12-13,17-18,20-22,27H,8,10-11,14-16H2,1-4H3;1H4;2*1H2/t18?,20?,21?,22-;;;/m1.../s1. The van der Waals surface area contributed by atoms with Gasteiger partial charge in [0, 0.05) is 32.0 Å². The zero-order valence-electron chi connectivity index (χ0n) is 19.3. The Bertz CT molecular complexity index is 715. The maximum Gasteiger partial charge on any atom is 0.239 e. The number of hydrogen-bond acceptors (Lipinski definition) is 3. The van der Waals surface area contributed by atoms with Crippen molar-refractivity contribution in [1.82, 2.24) is 10.2 Å². The van der Waals surface area contributed by atoms with Crippen LogP contribution in [0.4, 0.5) is 0 Å². The van der Waals surface area contributed by atoms with Crippen LogP contribution in [-0.4, -0.2) is 59.0 Å². The second-order valence-corrected chi connectivity index (χ2v) is 10.3. The molecular weight excluding hydrogens is 426 g/mol. The van der Waals surface area contributed by atoms with Crippen LogP contribution in [0.1, 0.15) is 54.4 Å². The predicted octanol–water partition coefficient (Wildman–Crippen LogP) is 3.56. The zero-order valence-corrected chi connectivity index (χ0v) is 20.0. The third-order valence-electron chi connectivity index (χ3n) is 6.51. The number of amides is 1. The molecule has 3 unspecified atom stereocenters. The van der Waals surface area contributed by atoms with Crippen LogP contribution >= 0.6 is 11.6 Å². The monoisotopic (exact) mass is 469 g/mol.